The number of benzene rings is 1. The zero-order chi connectivity index (χ0) is 14.8. The van der Waals surface area contributed by atoms with E-state index >= 15 is 0 Å². The van der Waals surface area contributed by atoms with Gasteiger partial charge in [0.25, 0.3) is 0 Å². The Bertz CT molecular complexity index is 750. The smallest absolute Gasteiger partial charge is 0.231 e. The van der Waals surface area contributed by atoms with Crippen molar-refractivity contribution in [2.24, 2.45) is 0 Å². The highest BCUT2D eigenvalue weighted by Gasteiger charge is 2.21. The highest BCUT2D eigenvalue weighted by atomic mass is 32.1. The van der Waals surface area contributed by atoms with Gasteiger partial charge in [-0.1, -0.05) is 11.2 Å². The topological polar surface area (TPSA) is 70.5 Å². The van der Waals surface area contributed by atoms with Crippen LogP contribution in [-0.2, 0) is 0 Å². The lowest BCUT2D eigenvalue weighted by atomic mass is 10.1. The number of rotatable bonds is 4. The van der Waals surface area contributed by atoms with Crippen molar-refractivity contribution in [3.05, 3.63) is 35.7 Å². The van der Waals surface area contributed by atoms with E-state index in [2.05, 4.69) is 5.16 Å². The number of ether oxygens (including phenoxy) is 2. The fourth-order valence-electron chi connectivity index (χ4n) is 2.14. The molecule has 0 atom stereocenters. The van der Waals surface area contributed by atoms with Crippen molar-refractivity contribution >= 4 is 17.2 Å². The summed E-state index contributed by atoms with van der Waals surface area (Å²) in [6.07, 6.45) is 0. The van der Waals surface area contributed by atoms with E-state index < -0.39 is 0 Å². The molecule has 2 aromatic heterocycles. The van der Waals surface area contributed by atoms with Gasteiger partial charge in [0.15, 0.2) is 0 Å². The molecule has 3 rings (SSSR count). The third-order valence-electron chi connectivity index (χ3n) is 3.15. The molecule has 3 aromatic rings. The Hall–Kier alpha value is -2.47. The van der Waals surface area contributed by atoms with E-state index in [1.54, 1.807) is 31.6 Å². The van der Waals surface area contributed by atoms with Crippen molar-refractivity contribution < 1.29 is 14.0 Å². The number of aromatic nitrogens is 1. The minimum absolute atomic E-state index is 0.297. The van der Waals surface area contributed by atoms with Crippen LogP contribution >= 0.6 is 11.3 Å². The average Bonchev–Trinajstić information content (AvgIpc) is 3.15. The quantitative estimate of drug-likeness (QED) is 0.796. The number of anilines is 1. The monoisotopic (exact) mass is 302 g/mol. The Kier molecular flexibility index (Phi) is 3.53. The standard InChI is InChI=1S/C15H14N2O3S/c1-18-9-5-6-10(11(8-9)19-2)14-13(15(16)20-17-14)12-4-3-7-21-12/h3-8H,16H2,1-2H3. The Morgan fingerprint density at radius 1 is 1.19 bits per heavy atom. The van der Waals surface area contributed by atoms with E-state index in [9.17, 15) is 0 Å². The van der Waals surface area contributed by atoms with Crippen molar-refractivity contribution in [3.63, 3.8) is 0 Å². The lowest BCUT2D eigenvalue weighted by molar-refractivity contribution is 0.394. The molecule has 0 radical (unpaired) electrons. The van der Waals surface area contributed by atoms with Gasteiger partial charge in [-0.05, 0) is 23.6 Å². The molecule has 2 heterocycles. The van der Waals surface area contributed by atoms with Gasteiger partial charge < -0.3 is 19.7 Å². The van der Waals surface area contributed by atoms with Crippen molar-refractivity contribution in [2.75, 3.05) is 20.0 Å². The number of hydrogen-bond donors (Lipinski definition) is 1. The first-order chi connectivity index (χ1) is 10.2. The molecule has 0 spiro atoms. The fraction of sp³-hybridized carbons (Fsp3) is 0.133. The summed E-state index contributed by atoms with van der Waals surface area (Å²) in [7, 11) is 3.21. The SMILES string of the molecule is COc1ccc(-c2noc(N)c2-c2cccs2)c(OC)c1. The lowest BCUT2D eigenvalue weighted by Gasteiger charge is -2.09. The van der Waals surface area contributed by atoms with Crippen LogP contribution in [0.2, 0.25) is 0 Å². The molecule has 108 valence electrons. The molecular weight excluding hydrogens is 288 g/mol. The summed E-state index contributed by atoms with van der Waals surface area (Å²) in [6.45, 7) is 0. The molecule has 0 saturated heterocycles. The summed E-state index contributed by atoms with van der Waals surface area (Å²) in [5, 5.41) is 6.07. The minimum atomic E-state index is 0.297. The Balaban J connectivity index is 2.18. The second kappa shape index (κ2) is 5.49. The van der Waals surface area contributed by atoms with Gasteiger partial charge in [-0.2, -0.15) is 0 Å². The molecule has 0 bridgehead atoms. The lowest BCUT2D eigenvalue weighted by Crippen LogP contribution is -1.92. The molecule has 0 aliphatic carbocycles. The van der Waals surface area contributed by atoms with Crippen molar-refractivity contribution in [2.45, 2.75) is 0 Å². The van der Waals surface area contributed by atoms with E-state index in [0.29, 0.717) is 23.1 Å². The van der Waals surface area contributed by atoms with Gasteiger partial charge in [-0.15, -0.1) is 11.3 Å². The summed E-state index contributed by atoms with van der Waals surface area (Å²) in [6, 6.07) is 9.47. The second-order valence-corrected chi connectivity index (χ2v) is 5.26. The summed E-state index contributed by atoms with van der Waals surface area (Å²) in [5.74, 6) is 1.66. The maximum atomic E-state index is 5.93. The third kappa shape index (κ3) is 2.34. The zero-order valence-corrected chi connectivity index (χ0v) is 12.4. The number of hydrogen-bond acceptors (Lipinski definition) is 6. The maximum Gasteiger partial charge on any atom is 0.231 e. The van der Waals surface area contributed by atoms with Crippen LogP contribution in [0.5, 0.6) is 11.5 Å². The normalized spacial score (nSPS) is 10.6. The Morgan fingerprint density at radius 2 is 2.05 bits per heavy atom. The van der Waals surface area contributed by atoms with Crippen molar-refractivity contribution in [1.29, 1.82) is 0 Å². The van der Waals surface area contributed by atoms with Crippen LogP contribution in [0.1, 0.15) is 0 Å². The van der Waals surface area contributed by atoms with Crippen molar-refractivity contribution in [3.8, 4) is 33.2 Å². The minimum Gasteiger partial charge on any atom is -0.497 e. The summed E-state index contributed by atoms with van der Waals surface area (Å²) in [4.78, 5) is 1.00. The van der Waals surface area contributed by atoms with Gasteiger partial charge in [-0.25, -0.2) is 0 Å². The van der Waals surface area contributed by atoms with Crippen LogP contribution in [0, 0.1) is 0 Å². The highest BCUT2D eigenvalue weighted by Crippen LogP contribution is 2.42. The molecule has 0 aliphatic rings. The number of thiophene rings is 1. The number of methoxy groups -OCH3 is 2. The van der Waals surface area contributed by atoms with E-state index in [-0.39, 0.29) is 0 Å². The predicted octanol–water partition coefficient (Wildman–Crippen LogP) is 3.67. The summed E-state index contributed by atoms with van der Waals surface area (Å²) < 4.78 is 15.8. The molecule has 6 heteroatoms. The highest BCUT2D eigenvalue weighted by molar-refractivity contribution is 7.13. The Morgan fingerprint density at radius 3 is 2.71 bits per heavy atom. The molecule has 21 heavy (non-hydrogen) atoms. The number of nitrogen functional groups attached to an aromatic ring is 1. The molecule has 0 fully saturated rings. The molecule has 0 saturated carbocycles. The first-order valence-electron chi connectivity index (χ1n) is 6.26. The van der Waals surface area contributed by atoms with E-state index in [0.717, 1.165) is 16.0 Å². The number of nitrogens with two attached hydrogens (primary N) is 1. The van der Waals surface area contributed by atoms with Gasteiger partial charge in [0.2, 0.25) is 5.88 Å². The second-order valence-electron chi connectivity index (χ2n) is 4.31. The third-order valence-corrected chi connectivity index (χ3v) is 4.04. The van der Waals surface area contributed by atoms with Crippen LogP contribution in [-0.4, -0.2) is 19.4 Å². The molecular formula is C15H14N2O3S. The first-order valence-corrected chi connectivity index (χ1v) is 7.14. The van der Waals surface area contributed by atoms with E-state index in [1.807, 2.05) is 29.6 Å². The average molecular weight is 302 g/mol. The number of nitrogens with zero attached hydrogens (tertiary/aromatic N) is 1. The molecule has 0 amide bonds. The van der Waals surface area contributed by atoms with Crippen LogP contribution < -0.4 is 15.2 Å². The van der Waals surface area contributed by atoms with Gasteiger partial charge in [-0.3, -0.25) is 0 Å². The Labute approximate surface area is 125 Å². The van der Waals surface area contributed by atoms with Gasteiger partial charge >= 0.3 is 0 Å². The van der Waals surface area contributed by atoms with Gasteiger partial charge in [0.1, 0.15) is 17.2 Å². The molecule has 5 nitrogen and oxygen atoms in total. The molecule has 1 aromatic carbocycles. The largest absolute Gasteiger partial charge is 0.497 e. The molecule has 0 unspecified atom stereocenters. The van der Waals surface area contributed by atoms with Crippen LogP contribution in [0.4, 0.5) is 5.88 Å². The summed E-state index contributed by atoms with van der Waals surface area (Å²) in [5.41, 5.74) is 8.18. The molecule has 2 N–H and O–H groups in total. The molecule has 0 aliphatic heterocycles. The van der Waals surface area contributed by atoms with Crippen LogP contribution in [0.15, 0.2) is 40.2 Å². The van der Waals surface area contributed by atoms with Crippen LogP contribution in [0.25, 0.3) is 21.7 Å². The predicted molar refractivity (Wildman–Crippen MR) is 82.8 cm³/mol. The van der Waals surface area contributed by atoms with Crippen LogP contribution in [0.3, 0.4) is 0 Å². The zero-order valence-electron chi connectivity index (χ0n) is 11.6. The fourth-order valence-corrected chi connectivity index (χ4v) is 2.92. The first kappa shape index (κ1) is 13.5. The van der Waals surface area contributed by atoms with E-state index in [4.69, 9.17) is 19.7 Å². The summed E-state index contributed by atoms with van der Waals surface area (Å²) >= 11 is 1.58. The maximum absolute atomic E-state index is 5.93. The van der Waals surface area contributed by atoms with Crippen molar-refractivity contribution in [1.82, 2.24) is 5.16 Å². The van der Waals surface area contributed by atoms with E-state index in [1.165, 1.54) is 0 Å². The van der Waals surface area contributed by atoms with Gasteiger partial charge in [0, 0.05) is 16.5 Å². The van der Waals surface area contributed by atoms with Gasteiger partial charge in [0.05, 0.1) is 19.8 Å².